The van der Waals surface area contributed by atoms with E-state index in [0.717, 1.165) is 36.6 Å². The zero-order valence-electron chi connectivity index (χ0n) is 13.5. The van der Waals surface area contributed by atoms with Crippen molar-refractivity contribution in [2.45, 2.75) is 25.3 Å². The van der Waals surface area contributed by atoms with E-state index >= 15 is 0 Å². The van der Waals surface area contributed by atoms with Crippen LogP contribution in [-0.4, -0.2) is 57.6 Å². The molecule has 1 atom stereocenters. The van der Waals surface area contributed by atoms with Crippen LogP contribution in [0.25, 0.3) is 11.3 Å². The van der Waals surface area contributed by atoms with Gasteiger partial charge in [-0.1, -0.05) is 23.0 Å². The van der Waals surface area contributed by atoms with Crippen LogP contribution in [0.5, 0.6) is 0 Å². The first-order valence-corrected chi connectivity index (χ1v) is 9.31. The van der Waals surface area contributed by atoms with Crippen LogP contribution in [0.4, 0.5) is 10.5 Å². The molecule has 0 radical (unpaired) electrons. The van der Waals surface area contributed by atoms with E-state index < -0.39 is 0 Å². The Hall–Kier alpha value is -1.99. The Morgan fingerprint density at radius 2 is 2.04 bits per heavy atom. The molecular formula is C17H21N5OS. The molecule has 2 amide bonds. The molecule has 24 heavy (non-hydrogen) atoms. The standard InChI is InChI=1S/C17H21N5OS/c23-17(22-10-9-21-8-2-1-3-15(21)11-22)18-14-6-4-13(5-7-14)16-12-24-20-19-16/h4-7,12,15H,1-3,8-11H2,(H,18,23)/t15-/m0/s1. The van der Waals surface area contributed by atoms with Crippen molar-refractivity contribution in [3.05, 3.63) is 29.6 Å². The summed E-state index contributed by atoms with van der Waals surface area (Å²) in [6.07, 6.45) is 3.78. The van der Waals surface area contributed by atoms with Crippen molar-refractivity contribution in [2.24, 2.45) is 0 Å². The molecule has 2 aliphatic heterocycles. The predicted octanol–water partition coefficient (Wildman–Crippen LogP) is 2.91. The number of aromatic nitrogens is 2. The first kappa shape index (κ1) is 15.5. The van der Waals surface area contributed by atoms with E-state index in [9.17, 15) is 4.79 Å². The number of piperidine rings is 1. The highest BCUT2D eigenvalue weighted by Crippen LogP contribution is 2.23. The molecule has 126 valence electrons. The normalized spacial score (nSPS) is 21.3. The highest BCUT2D eigenvalue weighted by atomic mass is 32.1. The molecule has 0 spiro atoms. The molecule has 2 fully saturated rings. The number of nitrogens with one attached hydrogen (secondary N) is 1. The third kappa shape index (κ3) is 3.27. The molecule has 2 saturated heterocycles. The van der Waals surface area contributed by atoms with Gasteiger partial charge in [0.2, 0.25) is 0 Å². The van der Waals surface area contributed by atoms with Crippen LogP contribution in [0.2, 0.25) is 0 Å². The van der Waals surface area contributed by atoms with Crippen molar-refractivity contribution in [3.8, 4) is 11.3 Å². The number of nitrogens with zero attached hydrogens (tertiary/aromatic N) is 4. The summed E-state index contributed by atoms with van der Waals surface area (Å²) < 4.78 is 3.87. The van der Waals surface area contributed by atoms with Gasteiger partial charge in [0.05, 0.1) is 0 Å². The van der Waals surface area contributed by atoms with Gasteiger partial charge in [0, 0.05) is 42.3 Å². The number of anilines is 1. The summed E-state index contributed by atoms with van der Waals surface area (Å²) in [5.41, 5.74) is 2.70. The van der Waals surface area contributed by atoms with Gasteiger partial charge in [0.25, 0.3) is 0 Å². The maximum absolute atomic E-state index is 12.5. The molecule has 3 heterocycles. The smallest absolute Gasteiger partial charge is 0.321 e. The van der Waals surface area contributed by atoms with Crippen molar-refractivity contribution in [2.75, 3.05) is 31.5 Å². The van der Waals surface area contributed by atoms with Gasteiger partial charge in [0.15, 0.2) is 0 Å². The van der Waals surface area contributed by atoms with Crippen molar-refractivity contribution in [3.63, 3.8) is 0 Å². The minimum Gasteiger partial charge on any atom is -0.322 e. The number of amides is 2. The summed E-state index contributed by atoms with van der Waals surface area (Å²) in [5, 5.41) is 8.99. The van der Waals surface area contributed by atoms with Crippen LogP contribution in [0.3, 0.4) is 0 Å². The molecular weight excluding hydrogens is 322 g/mol. The van der Waals surface area contributed by atoms with Crippen molar-refractivity contribution < 1.29 is 4.79 Å². The van der Waals surface area contributed by atoms with E-state index in [-0.39, 0.29) is 6.03 Å². The second-order valence-corrected chi connectivity index (χ2v) is 7.04. The maximum atomic E-state index is 12.5. The molecule has 6 nitrogen and oxygen atoms in total. The minimum atomic E-state index is 0.00305. The van der Waals surface area contributed by atoms with E-state index in [1.807, 2.05) is 34.5 Å². The van der Waals surface area contributed by atoms with Gasteiger partial charge in [0.1, 0.15) is 5.69 Å². The van der Waals surface area contributed by atoms with Gasteiger partial charge in [-0.3, -0.25) is 4.90 Å². The monoisotopic (exact) mass is 343 g/mol. The molecule has 7 heteroatoms. The van der Waals surface area contributed by atoms with Crippen LogP contribution in [0.1, 0.15) is 19.3 Å². The lowest BCUT2D eigenvalue weighted by molar-refractivity contribution is 0.0678. The summed E-state index contributed by atoms with van der Waals surface area (Å²) >= 11 is 1.34. The van der Waals surface area contributed by atoms with Gasteiger partial charge in [-0.05, 0) is 43.1 Å². The second kappa shape index (κ2) is 6.86. The number of urea groups is 1. The Labute approximate surface area is 145 Å². The fourth-order valence-corrected chi connectivity index (χ4v) is 4.02. The first-order chi connectivity index (χ1) is 11.8. The topological polar surface area (TPSA) is 61.4 Å². The number of hydrogen-bond acceptors (Lipinski definition) is 5. The zero-order chi connectivity index (χ0) is 16.4. The van der Waals surface area contributed by atoms with Crippen molar-refractivity contribution in [1.29, 1.82) is 0 Å². The van der Waals surface area contributed by atoms with Crippen LogP contribution in [-0.2, 0) is 0 Å². The lowest BCUT2D eigenvalue weighted by Gasteiger charge is -2.43. The predicted molar refractivity (Wildman–Crippen MR) is 95.1 cm³/mol. The molecule has 2 aromatic rings. The fraction of sp³-hybridized carbons (Fsp3) is 0.471. The SMILES string of the molecule is O=C(Nc1ccc(-c2csnn2)cc1)N1CCN2CCCC[C@H]2C1. The number of rotatable bonds is 2. The van der Waals surface area contributed by atoms with Gasteiger partial charge < -0.3 is 10.2 Å². The Bertz CT molecular complexity index is 688. The minimum absolute atomic E-state index is 0.00305. The van der Waals surface area contributed by atoms with E-state index in [4.69, 9.17) is 0 Å². The molecule has 0 unspecified atom stereocenters. The summed E-state index contributed by atoms with van der Waals surface area (Å²) in [5.74, 6) is 0. The van der Waals surface area contributed by atoms with Gasteiger partial charge in [-0.15, -0.1) is 5.10 Å². The van der Waals surface area contributed by atoms with Crippen molar-refractivity contribution >= 4 is 23.3 Å². The highest BCUT2D eigenvalue weighted by Gasteiger charge is 2.30. The molecule has 1 N–H and O–H groups in total. The first-order valence-electron chi connectivity index (χ1n) is 8.47. The Morgan fingerprint density at radius 1 is 1.17 bits per heavy atom. The Kier molecular flexibility index (Phi) is 4.44. The second-order valence-electron chi connectivity index (χ2n) is 6.43. The third-order valence-electron chi connectivity index (χ3n) is 4.92. The number of carbonyl (C=O) groups excluding carboxylic acids is 1. The number of carbonyl (C=O) groups is 1. The van der Waals surface area contributed by atoms with Crippen molar-refractivity contribution in [1.82, 2.24) is 19.4 Å². The average molecular weight is 343 g/mol. The summed E-state index contributed by atoms with van der Waals surface area (Å²) in [6.45, 7) is 3.83. The molecule has 4 rings (SSSR count). The van der Waals surface area contributed by atoms with Gasteiger partial charge in [-0.25, -0.2) is 4.79 Å². The maximum Gasteiger partial charge on any atom is 0.321 e. The van der Waals surface area contributed by atoms with Gasteiger partial charge >= 0.3 is 6.03 Å². The number of piperazine rings is 1. The molecule has 0 aliphatic carbocycles. The molecule has 1 aromatic carbocycles. The van der Waals surface area contributed by atoms with Gasteiger partial charge in [-0.2, -0.15) is 0 Å². The lowest BCUT2D eigenvalue weighted by Crippen LogP contribution is -2.56. The van der Waals surface area contributed by atoms with Crippen LogP contribution in [0.15, 0.2) is 29.6 Å². The Balaban J connectivity index is 1.37. The van der Waals surface area contributed by atoms with Crippen LogP contribution in [0, 0.1) is 0 Å². The average Bonchev–Trinajstić information content (AvgIpc) is 3.16. The number of fused-ring (bicyclic) bond motifs is 1. The lowest BCUT2D eigenvalue weighted by atomic mass is 10.00. The highest BCUT2D eigenvalue weighted by molar-refractivity contribution is 7.03. The zero-order valence-corrected chi connectivity index (χ0v) is 14.3. The largest absolute Gasteiger partial charge is 0.322 e. The number of hydrogen-bond donors (Lipinski definition) is 1. The Morgan fingerprint density at radius 3 is 2.83 bits per heavy atom. The van der Waals surface area contributed by atoms with Crippen LogP contribution >= 0.6 is 11.5 Å². The molecule has 2 aliphatic rings. The van der Waals surface area contributed by atoms with E-state index in [0.29, 0.717) is 6.04 Å². The summed E-state index contributed by atoms with van der Waals surface area (Å²) in [4.78, 5) is 17.0. The summed E-state index contributed by atoms with van der Waals surface area (Å²) in [6, 6.07) is 8.31. The van der Waals surface area contributed by atoms with E-state index in [1.165, 1.54) is 37.3 Å². The quantitative estimate of drug-likeness (QED) is 0.911. The fourth-order valence-electron chi connectivity index (χ4n) is 3.56. The van der Waals surface area contributed by atoms with E-state index in [1.54, 1.807) is 0 Å². The third-order valence-corrected chi connectivity index (χ3v) is 5.42. The summed E-state index contributed by atoms with van der Waals surface area (Å²) in [7, 11) is 0. The molecule has 0 saturated carbocycles. The molecule has 0 bridgehead atoms. The van der Waals surface area contributed by atoms with Crippen LogP contribution < -0.4 is 5.32 Å². The molecule has 1 aromatic heterocycles. The van der Waals surface area contributed by atoms with E-state index in [2.05, 4.69) is 19.8 Å². The number of benzene rings is 1.